The summed E-state index contributed by atoms with van der Waals surface area (Å²) >= 11 is 0. The average molecular weight is 402 g/mol. The fourth-order valence-corrected chi connectivity index (χ4v) is 4.08. The van der Waals surface area contributed by atoms with Crippen LogP contribution in [0.1, 0.15) is 26.4 Å². The van der Waals surface area contributed by atoms with Crippen LogP contribution >= 0.6 is 0 Å². The lowest BCUT2D eigenvalue weighted by atomic mass is 9.93. The zero-order valence-corrected chi connectivity index (χ0v) is 16.9. The van der Waals surface area contributed by atoms with Crippen molar-refractivity contribution in [2.24, 2.45) is 0 Å². The second kappa shape index (κ2) is 7.96. The first-order chi connectivity index (χ1) is 15.2. The van der Waals surface area contributed by atoms with Gasteiger partial charge in [-0.3, -0.25) is 9.59 Å². The van der Waals surface area contributed by atoms with Gasteiger partial charge in [-0.15, -0.1) is 0 Å². The summed E-state index contributed by atoms with van der Waals surface area (Å²) in [7, 11) is 0. The predicted octanol–water partition coefficient (Wildman–Crippen LogP) is 5.39. The molecule has 0 amide bonds. The number of fused-ring (bicyclic) bond motifs is 2. The van der Waals surface area contributed by atoms with E-state index in [-0.39, 0.29) is 18.1 Å². The number of rotatable bonds is 5. The molecule has 148 valence electrons. The van der Waals surface area contributed by atoms with Crippen LogP contribution in [0.2, 0.25) is 0 Å². The summed E-state index contributed by atoms with van der Waals surface area (Å²) in [6.07, 6.45) is 1.79. The Morgan fingerprint density at radius 3 is 1.90 bits per heavy atom. The minimum atomic E-state index is -0.0885. The highest BCUT2D eigenvalue weighted by Crippen LogP contribution is 2.29. The Kier molecular flexibility index (Phi) is 4.85. The Balaban J connectivity index is 1.65. The van der Waals surface area contributed by atoms with Crippen LogP contribution in [0.5, 0.6) is 0 Å². The third-order valence-corrected chi connectivity index (χ3v) is 5.58. The molecule has 0 unspecified atom stereocenters. The zero-order chi connectivity index (χ0) is 21.2. The van der Waals surface area contributed by atoms with Gasteiger partial charge in [-0.05, 0) is 33.7 Å². The lowest BCUT2D eigenvalue weighted by Crippen LogP contribution is -2.43. The molecular formula is C28H20NO2+. The minimum absolute atomic E-state index is 0.0337. The van der Waals surface area contributed by atoms with Gasteiger partial charge in [0.25, 0.3) is 11.5 Å². The molecule has 0 aliphatic heterocycles. The SMILES string of the molecule is O=C(C[n+]1ccccc1C(=O)c1c2ccccc2cc2ccccc12)c1ccccc1. The van der Waals surface area contributed by atoms with Gasteiger partial charge in [-0.2, -0.15) is 4.57 Å². The normalized spacial score (nSPS) is 11.0. The van der Waals surface area contributed by atoms with Crippen molar-refractivity contribution in [2.45, 2.75) is 6.54 Å². The van der Waals surface area contributed by atoms with Crippen molar-refractivity contribution in [3.8, 4) is 0 Å². The first-order valence-corrected chi connectivity index (χ1v) is 10.2. The van der Waals surface area contributed by atoms with E-state index in [1.54, 1.807) is 29.0 Å². The van der Waals surface area contributed by atoms with Crippen LogP contribution < -0.4 is 4.57 Å². The molecule has 0 aliphatic rings. The average Bonchev–Trinajstić information content (AvgIpc) is 2.83. The van der Waals surface area contributed by atoms with Crippen molar-refractivity contribution in [1.29, 1.82) is 0 Å². The molecule has 5 rings (SSSR count). The first kappa shape index (κ1) is 18.9. The number of benzene rings is 4. The van der Waals surface area contributed by atoms with Crippen LogP contribution in [0.25, 0.3) is 21.5 Å². The van der Waals surface area contributed by atoms with Gasteiger partial charge in [0, 0.05) is 23.3 Å². The van der Waals surface area contributed by atoms with Crippen molar-refractivity contribution >= 4 is 33.1 Å². The first-order valence-electron chi connectivity index (χ1n) is 10.2. The summed E-state index contributed by atoms with van der Waals surface area (Å²) in [5.74, 6) is -0.122. The fourth-order valence-electron chi connectivity index (χ4n) is 4.08. The lowest BCUT2D eigenvalue weighted by Gasteiger charge is -2.10. The molecule has 0 bridgehead atoms. The molecule has 0 radical (unpaired) electrons. The Morgan fingerprint density at radius 2 is 1.23 bits per heavy atom. The zero-order valence-electron chi connectivity index (χ0n) is 16.9. The van der Waals surface area contributed by atoms with Gasteiger partial charge in [0.15, 0.2) is 6.20 Å². The fraction of sp³-hybridized carbons (Fsp3) is 0.0357. The molecule has 0 aliphatic carbocycles. The van der Waals surface area contributed by atoms with Crippen molar-refractivity contribution in [3.05, 3.63) is 126 Å². The lowest BCUT2D eigenvalue weighted by molar-refractivity contribution is -0.684. The maximum Gasteiger partial charge on any atom is 0.258 e. The van der Waals surface area contributed by atoms with Crippen LogP contribution in [-0.4, -0.2) is 11.6 Å². The molecule has 1 heterocycles. The smallest absolute Gasteiger partial charge is 0.258 e. The highest BCUT2D eigenvalue weighted by Gasteiger charge is 2.26. The molecular weight excluding hydrogens is 382 g/mol. The molecule has 3 nitrogen and oxygen atoms in total. The van der Waals surface area contributed by atoms with Crippen molar-refractivity contribution in [3.63, 3.8) is 0 Å². The second-order valence-electron chi connectivity index (χ2n) is 7.53. The van der Waals surface area contributed by atoms with Crippen molar-refractivity contribution in [2.75, 3.05) is 0 Å². The Labute approximate surface area is 180 Å². The summed E-state index contributed by atoms with van der Waals surface area (Å²) < 4.78 is 1.74. The molecule has 31 heavy (non-hydrogen) atoms. The standard InChI is InChI=1S/C28H20NO2/c30-26(20-10-2-1-3-11-20)19-29-17-9-8-16-25(29)28(31)27-23-14-6-4-12-21(23)18-22-13-5-7-15-24(22)27/h1-18H,19H2/q+1. The second-order valence-corrected chi connectivity index (χ2v) is 7.53. The maximum absolute atomic E-state index is 13.9. The van der Waals surface area contributed by atoms with Crippen LogP contribution in [-0.2, 0) is 6.54 Å². The summed E-state index contributed by atoms with van der Waals surface area (Å²) in [6, 6.07) is 32.6. The molecule has 0 spiro atoms. The van der Waals surface area contributed by atoms with E-state index in [4.69, 9.17) is 0 Å². The van der Waals surface area contributed by atoms with E-state index in [9.17, 15) is 9.59 Å². The van der Waals surface area contributed by atoms with Gasteiger partial charge >= 0.3 is 0 Å². The summed E-state index contributed by atoms with van der Waals surface area (Å²) in [6.45, 7) is 0.106. The number of ketones is 2. The van der Waals surface area contributed by atoms with Crippen LogP contribution in [0.3, 0.4) is 0 Å². The summed E-state index contributed by atoms with van der Waals surface area (Å²) in [5.41, 5.74) is 1.79. The van der Waals surface area contributed by atoms with E-state index in [2.05, 4.69) is 6.07 Å². The Morgan fingerprint density at radius 1 is 0.645 bits per heavy atom. The molecule has 0 atom stereocenters. The number of pyridine rings is 1. The number of aromatic nitrogens is 1. The topological polar surface area (TPSA) is 38.0 Å². The largest absolute Gasteiger partial charge is 0.287 e. The summed E-state index contributed by atoms with van der Waals surface area (Å²) in [5, 5.41) is 3.87. The van der Waals surface area contributed by atoms with Gasteiger partial charge in [0.1, 0.15) is 0 Å². The van der Waals surface area contributed by atoms with Crippen molar-refractivity contribution in [1.82, 2.24) is 0 Å². The Hall–Kier alpha value is -4.11. The number of hydrogen-bond donors (Lipinski definition) is 0. The van der Waals surface area contributed by atoms with Crippen LogP contribution in [0.15, 0.2) is 109 Å². The highest BCUT2D eigenvalue weighted by atomic mass is 16.1. The number of Topliss-reactive ketones (excluding diaryl/α,β-unsaturated/α-hetero) is 1. The quantitative estimate of drug-likeness (QED) is 0.224. The molecule has 0 saturated carbocycles. The third kappa shape index (κ3) is 3.51. The molecule has 5 aromatic rings. The monoisotopic (exact) mass is 402 g/mol. The molecule has 4 aromatic carbocycles. The van der Waals surface area contributed by atoms with E-state index >= 15 is 0 Å². The van der Waals surface area contributed by atoms with Crippen LogP contribution in [0, 0.1) is 0 Å². The van der Waals surface area contributed by atoms with Crippen LogP contribution in [0.4, 0.5) is 0 Å². The van der Waals surface area contributed by atoms with Crippen molar-refractivity contribution < 1.29 is 14.2 Å². The minimum Gasteiger partial charge on any atom is -0.287 e. The molecule has 0 fully saturated rings. The third-order valence-electron chi connectivity index (χ3n) is 5.58. The van der Waals surface area contributed by atoms with E-state index in [1.165, 1.54) is 0 Å². The van der Waals surface area contributed by atoms with E-state index in [0.717, 1.165) is 21.5 Å². The highest BCUT2D eigenvalue weighted by molar-refractivity contribution is 6.23. The number of carbonyl (C=O) groups excluding carboxylic acids is 2. The van der Waals surface area contributed by atoms with E-state index in [0.29, 0.717) is 16.8 Å². The van der Waals surface area contributed by atoms with E-state index in [1.807, 2.05) is 78.9 Å². The molecule has 1 aromatic heterocycles. The predicted molar refractivity (Wildman–Crippen MR) is 122 cm³/mol. The summed E-state index contributed by atoms with van der Waals surface area (Å²) in [4.78, 5) is 26.7. The number of nitrogens with zero attached hydrogens (tertiary/aromatic N) is 1. The van der Waals surface area contributed by atoms with Gasteiger partial charge in [-0.1, -0.05) is 78.9 Å². The van der Waals surface area contributed by atoms with E-state index < -0.39 is 0 Å². The van der Waals surface area contributed by atoms with Gasteiger partial charge in [0.05, 0.1) is 0 Å². The molecule has 0 N–H and O–H groups in total. The molecule has 0 saturated heterocycles. The van der Waals surface area contributed by atoms with Gasteiger partial charge < -0.3 is 0 Å². The maximum atomic E-state index is 13.9. The Bertz CT molecular complexity index is 1380. The molecule has 3 heteroatoms. The number of hydrogen-bond acceptors (Lipinski definition) is 2. The van der Waals surface area contributed by atoms with Gasteiger partial charge in [-0.25, -0.2) is 0 Å². The van der Waals surface area contributed by atoms with Gasteiger partial charge in [0.2, 0.25) is 12.3 Å². The number of carbonyl (C=O) groups is 2.